The third kappa shape index (κ3) is 3.54. The molecule has 0 aromatic heterocycles. The lowest BCUT2D eigenvalue weighted by molar-refractivity contribution is -0.384. The van der Waals surface area contributed by atoms with Gasteiger partial charge in [0.2, 0.25) is 0 Å². The molecule has 3 N–H and O–H groups in total. The van der Waals surface area contributed by atoms with E-state index in [0.29, 0.717) is 11.3 Å². The van der Waals surface area contributed by atoms with E-state index in [-0.39, 0.29) is 28.4 Å². The highest BCUT2D eigenvalue weighted by molar-refractivity contribution is 6.01. The van der Waals surface area contributed by atoms with E-state index in [0.717, 1.165) is 6.07 Å². The average Bonchev–Trinajstić information content (AvgIpc) is 2.52. The molecule has 116 valence electrons. The van der Waals surface area contributed by atoms with E-state index in [1.54, 1.807) is 6.92 Å². The Morgan fingerprint density at radius 1 is 1.30 bits per heavy atom. The molecule has 2 rings (SSSR count). The predicted octanol–water partition coefficient (Wildman–Crippen LogP) is 2.71. The Labute approximate surface area is 131 Å². The van der Waals surface area contributed by atoms with Crippen molar-refractivity contribution in [3.8, 4) is 17.6 Å². The number of rotatable bonds is 4. The Morgan fingerprint density at radius 2 is 2.04 bits per heavy atom. The number of benzene rings is 2. The van der Waals surface area contributed by atoms with Crippen LogP contribution < -0.4 is 5.43 Å². The second-order valence-corrected chi connectivity index (χ2v) is 4.61. The first kappa shape index (κ1) is 15.8. The lowest BCUT2D eigenvalue weighted by Crippen LogP contribution is -2.02. The quantitative estimate of drug-likeness (QED) is 0.452. The van der Waals surface area contributed by atoms with Gasteiger partial charge < -0.3 is 10.2 Å². The number of aromatic hydroxyl groups is 2. The van der Waals surface area contributed by atoms with E-state index in [9.17, 15) is 20.3 Å². The summed E-state index contributed by atoms with van der Waals surface area (Å²) in [5.74, 6) is -0.253. The molecule has 0 spiro atoms. The second-order valence-electron chi connectivity index (χ2n) is 4.61. The van der Waals surface area contributed by atoms with Crippen molar-refractivity contribution in [2.45, 2.75) is 6.92 Å². The Balaban J connectivity index is 2.32. The molecule has 8 nitrogen and oxygen atoms in total. The predicted molar refractivity (Wildman–Crippen MR) is 83.4 cm³/mol. The van der Waals surface area contributed by atoms with Gasteiger partial charge in [-0.3, -0.25) is 15.5 Å². The van der Waals surface area contributed by atoms with Crippen LogP contribution in [0.5, 0.6) is 11.5 Å². The van der Waals surface area contributed by atoms with Gasteiger partial charge >= 0.3 is 0 Å². The second kappa shape index (κ2) is 6.44. The van der Waals surface area contributed by atoms with E-state index >= 15 is 0 Å². The molecule has 23 heavy (non-hydrogen) atoms. The highest BCUT2D eigenvalue weighted by Crippen LogP contribution is 2.26. The number of phenolic OH excluding ortho intramolecular Hbond substituents is 2. The first-order valence-corrected chi connectivity index (χ1v) is 6.43. The number of hydrogen-bond donors (Lipinski definition) is 3. The molecular formula is C15H12N4O4. The van der Waals surface area contributed by atoms with Crippen LogP contribution in [0.2, 0.25) is 0 Å². The maximum absolute atomic E-state index is 11.0. The van der Waals surface area contributed by atoms with Gasteiger partial charge in [0.1, 0.15) is 17.2 Å². The van der Waals surface area contributed by atoms with E-state index in [2.05, 4.69) is 10.5 Å². The molecule has 8 heteroatoms. The third-order valence-corrected chi connectivity index (χ3v) is 3.04. The van der Waals surface area contributed by atoms with E-state index in [1.165, 1.54) is 30.3 Å². The summed E-state index contributed by atoms with van der Waals surface area (Å²) in [6, 6.07) is 9.80. The number of nitrogens with zero attached hydrogens (tertiary/aromatic N) is 3. The van der Waals surface area contributed by atoms with E-state index in [1.807, 2.05) is 6.07 Å². The van der Waals surface area contributed by atoms with Crippen LogP contribution in [0.4, 0.5) is 11.4 Å². The molecule has 0 amide bonds. The van der Waals surface area contributed by atoms with Gasteiger partial charge in [-0.15, -0.1) is 0 Å². The Bertz CT molecular complexity index is 840. The monoisotopic (exact) mass is 312 g/mol. The Morgan fingerprint density at radius 3 is 2.65 bits per heavy atom. The summed E-state index contributed by atoms with van der Waals surface area (Å²) < 4.78 is 0. The zero-order chi connectivity index (χ0) is 17.0. The molecule has 0 saturated carbocycles. The average molecular weight is 312 g/mol. The van der Waals surface area contributed by atoms with Crippen LogP contribution in [0.15, 0.2) is 41.5 Å². The van der Waals surface area contributed by atoms with Gasteiger partial charge in [0, 0.05) is 17.7 Å². The molecule has 2 aromatic rings. The number of anilines is 1. The maximum atomic E-state index is 11.0. The van der Waals surface area contributed by atoms with Crippen molar-refractivity contribution in [3.63, 3.8) is 0 Å². The van der Waals surface area contributed by atoms with Crippen molar-refractivity contribution >= 4 is 17.1 Å². The normalized spacial score (nSPS) is 10.9. The number of nitrogens with one attached hydrogen (secondary N) is 1. The molecule has 0 bridgehead atoms. The van der Waals surface area contributed by atoms with Gasteiger partial charge in [-0.25, -0.2) is 0 Å². The molecule has 0 atom stereocenters. The summed E-state index contributed by atoms with van der Waals surface area (Å²) in [6.07, 6.45) is 0. The molecule has 0 heterocycles. The van der Waals surface area contributed by atoms with Crippen molar-refractivity contribution in [1.29, 1.82) is 5.26 Å². The fourth-order valence-corrected chi connectivity index (χ4v) is 1.88. The van der Waals surface area contributed by atoms with Crippen LogP contribution in [0.1, 0.15) is 18.1 Å². The number of nitro benzene ring substituents is 1. The highest BCUT2D eigenvalue weighted by atomic mass is 16.6. The van der Waals surface area contributed by atoms with Crippen LogP contribution in [-0.4, -0.2) is 20.8 Å². The molecule has 0 aliphatic carbocycles. The molecule has 0 aliphatic heterocycles. The Hall–Kier alpha value is -3.60. The standard InChI is InChI=1S/C15H12N4O4/c1-9(12-4-3-11(20)7-15(12)21)17-18-13-5-2-10(8-16)6-14(13)19(22)23/h2-7,18,20-21H,1H3/b17-9+. The smallest absolute Gasteiger partial charge is 0.295 e. The molecule has 0 unspecified atom stereocenters. The van der Waals surface area contributed by atoms with Gasteiger partial charge in [0.15, 0.2) is 0 Å². The maximum Gasteiger partial charge on any atom is 0.295 e. The minimum Gasteiger partial charge on any atom is -0.508 e. The first-order chi connectivity index (χ1) is 10.9. The summed E-state index contributed by atoms with van der Waals surface area (Å²) in [7, 11) is 0. The topological polar surface area (TPSA) is 132 Å². The summed E-state index contributed by atoms with van der Waals surface area (Å²) in [5, 5.41) is 42.8. The minimum absolute atomic E-state index is 0.0882. The van der Waals surface area contributed by atoms with Crippen molar-refractivity contribution in [1.82, 2.24) is 0 Å². The van der Waals surface area contributed by atoms with Crippen LogP contribution in [0, 0.1) is 21.4 Å². The van der Waals surface area contributed by atoms with Crippen molar-refractivity contribution < 1.29 is 15.1 Å². The first-order valence-electron chi connectivity index (χ1n) is 6.43. The van der Waals surface area contributed by atoms with Gasteiger partial charge in [-0.2, -0.15) is 10.4 Å². The fraction of sp³-hybridized carbons (Fsp3) is 0.0667. The fourth-order valence-electron chi connectivity index (χ4n) is 1.88. The molecule has 0 radical (unpaired) electrons. The molecule has 0 aliphatic rings. The largest absolute Gasteiger partial charge is 0.508 e. The van der Waals surface area contributed by atoms with Crippen molar-refractivity contribution in [3.05, 3.63) is 57.6 Å². The molecular weight excluding hydrogens is 300 g/mol. The molecule has 0 fully saturated rings. The zero-order valence-corrected chi connectivity index (χ0v) is 12.0. The lowest BCUT2D eigenvalue weighted by Gasteiger charge is -2.06. The number of phenols is 2. The number of nitro groups is 1. The SMILES string of the molecule is C/C(=N\Nc1ccc(C#N)cc1[N+](=O)[O-])c1ccc(O)cc1O. The van der Waals surface area contributed by atoms with E-state index in [4.69, 9.17) is 5.26 Å². The van der Waals surface area contributed by atoms with Crippen LogP contribution >= 0.6 is 0 Å². The van der Waals surface area contributed by atoms with Crippen LogP contribution in [0.25, 0.3) is 0 Å². The summed E-state index contributed by atoms with van der Waals surface area (Å²) in [4.78, 5) is 10.4. The summed E-state index contributed by atoms with van der Waals surface area (Å²) in [6.45, 7) is 1.59. The van der Waals surface area contributed by atoms with Gasteiger partial charge in [0.05, 0.1) is 22.3 Å². The van der Waals surface area contributed by atoms with E-state index < -0.39 is 4.92 Å². The summed E-state index contributed by atoms with van der Waals surface area (Å²) >= 11 is 0. The van der Waals surface area contributed by atoms with Crippen molar-refractivity contribution in [2.75, 3.05) is 5.43 Å². The number of hydrogen-bond acceptors (Lipinski definition) is 7. The zero-order valence-electron chi connectivity index (χ0n) is 12.0. The van der Waals surface area contributed by atoms with Crippen molar-refractivity contribution in [2.24, 2.45) is 5.10 Å². The van der Waals surface area contributed by atoms with Gasteiger partial charge in [-0.1, -0.05) is 0 Å². The lowest BCUT2D eigenvalue weighted by atomic mass is 10.1. The highest BCUT2D eigenvalue weighted by Gasteiger charge is 2.14. The summed E-state index contributed by atoms with van der Waals surface area (Å²) in [5.41, 5.74) is 3.28. The van der Waals surface area contributed by atoms with Crippen LogP contribution in [-0.2, 0) is 0 Å². The Kier molecular flexibility index (Phi) is 4.42. The molecule has 2 aromatic carbocycles. The number of hydrazone groups is 1. The van der Waals surface area contributed by atoms with Crippen LogP contribution in [0.3, 0.4) is 0 Å². The minimum atomic E-state index is -0.619. The molecule has 0 saturated heterocycles. The number of nitriles is 1. The third-order valence-electron chi connectivity index (χ3n) is 3.04. The van der Waals surface area contributed by atoms with Gasteiger partial charge in [0.25, 0.3) is 5.69 Å². The van der Waals surface area contributed by atoms with Gasteiger partial charge in [-0.05, 0) is 31.2 Å².